The van der Waals surface area contributed by atoms with E-state index in [1.807, 2.05) is 13.8 Å². The normalized spacial score (nSPS) is 13.9. The molecule has 108 valence electrons. The van der Waals surface area contributed by atoms with Gasteiger partial charge in [-0.15, -0.1) is 0 Å². The first-order valence-electron chi connectivity index (χ1n) is 6.42. The number of nitro groups is 1. The van der Waals surface area contributed by atoms with Gasteiger partial charge < -0.3 is 0 Å². The Balaban J connectivity index is 3.27. The standard InChI is InChI=1S/C13H22BrN3O2/c1-8(2)16-10(7-11(14)13(4,5)6)12(17(18)19)9(3)15-16/h8,11H,7H2,1-6H3. The largest absolute Gasteiger partial charge is 0.313 e. The molecule has 1 heterocycles. The smallest absolute Gasteiger partial charge is 0.260 e. The van der Waals surface area contributed by atoms with Gasteiger partial charge in [0.1, 0.15) is 11.4 Å². The molecule has 0 saturated heterocycles. The van der Waals surface area contributed by atoms with E-state index in [0.717, 1.165) is 0 Å². The maximum atomic E-state index is 11.2. The highest BCUT2D eigenvalue weighted by Crippen LogP contribution is 2.34. The molecule has 0 fully saturated rings. The van der Waals surface area contributed by atoms with E-state index in [1.54, 1.807) is 11.6 Å². The SMILES string of the molecule is Cc1nn(C(C)C)c(CC(Br)C(C)(C)C)c1[N+](=O)[O-]. The van der Waals surface area contributed by atoms with Crippen LogP contribution in [0.1, 0.15) is 52.0 Å². The average Bonchev–Trinajstić information content (AvgIpc) is 2.53. The first-order valence-corrected chi connectivity index (χ1v) is 7.33. The minimum absolute atomic E-state index is 0.0356. The Labute approximate surface area is 122 Å². The maximum Gasteiger partial charge on any atom is 0.313 e. The number of alkyl halides is 1. The first-order chi connectivity index (χ1) is 8.55. The van der Waals surface area contributed by atoms with Crippen LogP contribution >= 0.6 is 15.9 Å². The molecule has 0 aliphatic carbocycles. The molecule has 0 bridgehead atoms. The molecule has 6 heteroatoms. The Kier molecular flexibility index (Phi) is 4.76. The number of halogens is 1. The van der Waals surface area contributed by atoms with Gasteiger partial charge in [0, 0.05) is 17.3 Å². The highest BCUT2D eigenvalue weighted by Gasteiger charge is 2.31. The van der Waals surface area contributed by atoms with E-state index in [0.29, 0.717) is 17.8 Å². The van der Waals surface area contributed by atoms with Crippen LogP contribution in [0, 0.1) is 22.5 Å². The lowest BCUT2D eigenvalue weighted by atomic mass is 9.89. The summed E-state index contributed by atoms with van der Waals surface area (Å²) < 4.78 is 1.77. The van der Waals surface area contributed by atoms with Crippen LogP contribution in [0.5, 0.6) is 0 Å². The molecule has 0 aliphatic heterocycles. The van der Waals surface area contributed by atoms with Crippen molar-refractivity contribution in [3.05, 3.63) is 21.5 Å². The van der Waals surface area contributed by atoms with Crippen LogP contribution in [0.15, 0.2) is 0 Å². The van der Waals surface area contributed by atoms with Gasteiger partial charge in [-0.1, -0.05) is 36.7 Å². The Hall–Kier alpha value is -0.910. The molecule has 19 heavy (non-hydrogen) atoms. The lowest BCUT2D eigenvalue weighted by Crippen LogP contribution is -2.24. The van der Waals surface area contributed by atoms with Gasteiger partial charge in [-0.2, -0.15) is 5.10 Å². The molecule has 0 saturated carbocycles. The van der Waals surface area contributed by atoms with Gasteiger partial charge in [-0.05, 0) is 26.2 Å². The summed E-state index contributed by atoms with van der Waals surface area (Å²) in [6.07, 6.45) is 0.596. The lowest BCUT2D eigenvalue weighted by Gasteiger charge is -2.25. The van der Waals surface area contributed by atoms with E-state index >= 15 is 0 Å². The molecule has 0 N–H and O–H groups in total. The number of rotatable bonds is 4. The quantitative estimate of drug-likeness (QED) is 0.475. The van der Waals surface area contributed by atoms with Gasteiger partial charge in [-0.3, -0.25) is 14.8 Å². The zero-order valence-electron chi connectivity index (χ0n) is 12.4. The summed E-state index contributed by atoms with van der Waals surface area (Å²) in [7, 11) is 0. The summed E-state index contributed by atoms with van der Waals surface area (Å²) in [5.74, 6) is 0. The Morgan fingerprint density at radius 1 is 1.42 bits per heavy atom. The van der Waals surface area contributed by atoms with E-state index in [9.17, 15) is 10.1 Å². The summed E-state index contributed by atoms with van der Waals surface area (Å²) in [4.78, 5) is 11.1. The fourth-order valence-electron chi connectivity index (χ4n) is 1.92. The topological polar surface area (TPSA) is 61.0 Å². The fraction of sp³-hybridized carbons (Fsp3) is 0.769. The number of hydrogen-bond donors (Lipinski definition) is 0. The van der Waals surface area contributed by atoms with Crippen molar-refractivity contribution < 1.29 is 4.92 Å². The van der Waals surface area contributed by atoms with Crippen LogP contribution in [0.25, 0.3) is 0 Å². The molecule has 0 aromatic carbocycles. The number of hydrogen-bond acceptors (Lipinski definition) is 3. The second kappa shape index (κ2) is 5.61. The maximum absolute atomic E-state index is 11.2. The van der Waals surface area contributed by atoms with E-state index in [2.05, 4.69) is 41.8 Å². The Morgan fingerprint density at radius 2 is 1.95 bits per heavy atom. The van der Waals surface area contributed by atoms with Gasteiger partial charge in [-0.25, -0.2) is 0 Å². The van der Waals surface area contributed by atoms with Crippen LogP contribution in [0.3, 0.4) is 0 Å². The first kappa shape index (κ1) is 16.1. The Bertz CT molecular complexity index is 475. The predicted molar refractivity (Wildman–Crippen MR) is 79.9 cm³/mol. The molecule has 5 nitrogen and oxygen atoms in total. The Morgan fingerprint density at radius 3 is 2.32 bits per heavy atom. The minimum Gasteiger partial charge on any atom is -0.260 e. The second-order valence-electron chi connectivity index (χ2n) is 6.21. The van der Waals surface area contributed by atoms with Crippen LogP contribution in [0.2, 0.25) is 0 Å². The fourth-order valence-corrected chi connectivity index (χ4v) is 2.22. The van der Waals surface area contributed by atoms with Gasteiger partial charge >= 0.3 is 5.69 Å². The summed E-state index contributed by atoms with van der Waals surface area (Å²) in [5.41, 5.74) is 1.38. The minimum atomic E-state index is -0.321. The van der Waals surface area contributed by atoms with Gasteiger partial charge in [0.2, 0.25) is 0 Å². The molecule has 1 atom stereocenters. The van der Waals surface area contributed by atoms with E-state index in [-0.39, 0.29) is 26.9 Å². The van der Waals surface area contributed by atoms with Crippen LogP contribution in [-0.2, 0) is 6.42 Å². The molecule has 0 spiro atoms. The molecular formula is C13H22BrN3O2. The second-order valence-corrected chi connectivity index (χ2v) is 7.32. The molecule has 0 aliphatic rings. The van der Waals surface area contributed by atoms with Crippen molar-refractivity contribution in [1.29, 1.82) is 0 Å². The summed E-state index contributed by atoms with van der Waals surface area (Å²) in [5, 5.41) is 15.6. The zero-order chi connectivity index (χ0) is 15.0. The van der Waals surface area contributed by atoms with Gasteiger partial charge in [0.25, 0.3) is 0 Å². The molecule has 1 unspecified atom stereocenters. The van der Waals surface area contributed by atoms with Gasteiger partial charge in [0.15, 0.2) is 0 Å². The predicted octanol–water partition coefficient (Wildman–Crippen LogP) is 4.03. The monoisotopic (exact) mass is 331 g/mol. The van der Waals surface area contributed by atoms with Crippen molar-refractivity contribution in [2.24, 2.45) is 5.41 Å². The van der Waals surface area contributed by atoms with Crippen LogP contribution < -0.4 is 0 Å². The molecule has 0 amide bonds. The van der Waals surface area contributed by atoms with E-state index < -0.39 is 0 Å². The van der Waals surface area contributed by atoms with Crippen molar-refractivity contribution in [2.45, 2.75) is 58.8 Å². The lowest BCUT2D eigenvalue weighted by molar-refractivity contribution is -0.386. The molecule has 0 radical (unpaired) electrons. The summed E-state index contributed by atoms with van der Waals surface area (Å²) in [6, 6.07) is 0.113. The number of nitrogens with zero attached hydrogens (tertiary/aromatic N) is 3. The van der Waals surface area contributed by atoms with Crippen molar-refractivity contribution in [2.75, 3.05) is 0 Å². The number of aryl methyl sites for hydroxylation is 1. The molecule has 1 aromatic rings. The third-order valence-corrected chi connectivity index (χ3v) is 4.83. The molecule has 1 rings (SSSR count). The highest BCUT2D eigenvalue weighted by atomic mass is 79.9. The average molecular weight is 332 g/mol. The summed E-state index contributed by atoms with van der Waals surface area (Å²) in [6.45, 7) is 12.0. The number of aromatic nitrogens is 2. The van der Waals surface area contributed by atoms with Crippen LogP contribution in [0.4, 0.5) is 5.69 Å². The zero-order valence-corrected chi connectivity index (χ0v) is 14.0. The van der Waals surface area contributed by atoms with Crippen molar-refractivity contribution in [3.8, 4) is 0 Å². The molecule has 1 aromatic heterocycles. The summed E-state index contributed by atoms with van der Waals surface area (Å²) >= 11 is 3.65. The highest BCUT2D eigenvalue weighted by molar-refractivity contribution is 9.09. The van der Waals surface area contributed by atoms with Crippen LogP contribution in [-0.4, -0.2) is 19.5 Å². The van der Waals surface area contributed by atoms with Gasteiger partial charge in [0.05, 0.1) is 4.92 Å². The van der Waals surface area contributed by atoms with E-state index in [1.165, 1.54) is 0 Å². The molecular weight excluding hydrogens is 310 g/mol. The van der Waals surface area contributed by atoms with Crippen molar-refractivity contribution >= 4 is 21.6 Å². The third kappa shape index (κ3) is 3.55. The van der Waals surface area contributed by atoms with E-state index in [4.69, 9.17) is 0 Å². The third-order valence-electron chi connectivity index (χ3n) is 3.13. The van der Waals surface area contributed by atoms with Crippen molar-refractivity contribution in [1.82, 2.24) is 9.78 Å². The van der Waals surface area contributed by atoms with Crippen molar-refractivity contribution in [3.63, 3.8) is 0 Å².